The minimum absolute atomic E-state index is 0. The Bertz CT molecular complexity index is 765. The van der Waals surface area contributed by atoms with Crippen LogP contribution in [0.1, 0.15) is 23.2 Å². The van der Waals surface area contributed by atoms with Gasteiger partial charge < -0.3 is 16.0 Å². The molecule has 0 aliphatic carbocycles. The second kappa shape index (κ2) is 11.1. The van der Waals surface area contributed by atoms with Crippen molar-refractivity contribution < 1.29 is 9.59 Å². The maximum atomic E-state index is 12.5. The highest BCUT2D eigenvalue weighted by Crippen LogP contribution is 2.20. The number of benzene rings is 1. The molecule has 2 heterocycles. The van der Waals surface area contributed by atoms with Gasteiger partial charge in [-0.25, -0.2) is 4.98 Å². The lowest BCUT2D eigenvalue weighted by molar-refractivity contribution is -0.120. The van der Waals surface area contributed by atoms with Crippen LogP contribution < -0.4 is 16.0 Å². The molecule has 6 nitrogen and oxygen atoms in total. The Morgan fingerprint density at radius 2 is 1.74 bits per heavy atom. The van der Waals surface area contributed by atoms with Crippen molar-refractivity contribution in [2.45, 2.75) is 12.8 Å². The van der Waals surface area contributed by atoms with Crippen molar-refractivity contribution >= 4 is 59.7 Å². The molecule has 2 aromatic rings. The van der Waals surface area contributed by atoms with Gasteiger partial charge in [-0.3, -0.25) is 9.59 Å². The Hall–Kier alpha value is -1.86. The third-order valence-electron chi connectivity index (χ3n) is 4.11. The summed E-state index contributed by atoms with van der Waals surface area (Å²) in [4.78, 5) is 29.0. The number of carbonyl (C=O) groups excluding carboxylic acids is 2. The number of para-hydroxylation sites is 1. The molecule has 27 heavy (non-hydrogen) atoms. The van der Waals surface area contributed by atoms with Crippen molar-refractivity contribution in [3.05, 3.63) is 53.2 Å². The maximum absolute atomic E-state index is 12.5. The van der Waals surface area contributed by atoms with Crippen LogP contribution in [0, 0.1) is 5.92 Å². The van der Waals surface area contributed by atoms with E-state index in [9.17, 15) is 9.59 Å². The standard InChI is InChI=1S/C18H19ClN4O2.2ClH/c19-13-5-6-16(21-11-13)23-18(25)14-3-1-2-4-15(14)22-17(24)12-7-9-20-10-8-12;;/h1-6,11-12,20H,7-10H2,(H,22,24)(H,21,23,25);2*1H. The minimum atomic E-state index is -0.337. The van der Waals surface area contributed by atoms with Crippen molar-refractivity contribution in [2.24, 2.45) is 5.92 Å². The first-order valence-corrected chi connectivity index (χ1v) is 8.55. The SMILES string of the molecule is Cl.Cl.O=C(Nc1ccc(Cl)cn1)c1ccccc1NC(=O)C1CCNCC1. The van der Waals surface area contributed by atoms with Crippen LogP contribution >= 0.6 is 36.4 Å². The summed E-state index contributed by atoms with van der Waals surface area (Å²) in [5.41, 5.74) is 0.888. The molecule has 1 aromatic heterocycles. The lowest BCUT2D eigenvalue weighted by Gasteiger charge is -2.22. The molecule has 3 N–H and O–H groups in total. The monoisotopic (exact) mass is 430 g/mol. The summed E-state index contributed by atoms with van der Waals surface area (Å²) in [6.45, 7) is 1.67. The summed E-state index contributed by atoms with van der Waals surface area (Å²) >= 11 is 5.79. The number of amides is 2. The van der Waals surface area contributed by atoms with Crippen LogP contribution in [0.3, 0.4) is 0 Å². The topological polar surface area (TPSA) is 83.1 Å². The van der Waals surface area contributed by atoms with Crippen LogP contribution in [0.15, 0.2) is 42.6 Å². The maximum Gasteiger partial charge on any atom is 0.258 e. The Morgan fingerprint density at radius 1 is 1.04 bits per heavy atom. The molecule has 146 valence electrons. The lowest BCUT2D eigenvalue weighted by Crippen LogP contribution is -2.35. The number of anilines is 2. The molecule has 9 heteroatoms. The predicted octanol–water partition coefficient (Wildman–Crippen LogP) is 3.77. The Balaban J connectivity index is 0.00000182. The summed E-state index contributed by atoms with van der Waals surface area (Å²) in [5, 5.41) is 9.32. The second-order valence-electron chi connectivity index (χ2n) is 5.87. The highest BCUT2D eigenvalue weighted by molar-refractivity contribution is 6.30. The Morgan fingerprint density at radius 3 is 2.41 bits per heavy atom. The molecule has 0 bridgehead atoms. The molecule has 2 amide bonds. The summed E-state index contributed by atoms with van der Waals surface area (Å²) in [6.07, 6.45) is 3.06. The van der Waals surface area contributed by atoms with E-state index in [2.05, 4.69) is 20.9 Å². The number of pyridine rings is 1. The van der Waals surface area contributed by atoms with Crippen LogP contribution in [0.4, 0.5) is 11.5 Å². The van der Waals surface area contributed by atoms with Crippen molar-refractivity contribution in [1.29, 1.82) is 0 Å². The van der Waals surface area contributed by atoms with E-state index in [0.717, 1.165) is 25.9 Å². The normalized spacial score (nSPS) is 13.7. The van der Waals surface area contributed by atoms with Gasteiger partial charge in [0.1, 0.15) is 5.82 Å². The van der Waals surface area contributed by atoms with Crippen LogP contribution in [0.25, 0.3) is 0 Å². The number of piperidine rings is 1. The number of nitrogens with one attached hydrogen (secondary N) is 3. The van der Waals surface area contributed by atoms with Gasteiger partial charge in [0.15, 0.2) is 0 Å². The molecular formula is C18H21Cl3N4O2. The summed E-state index contributed by atoms with van der Waals surface area (Å²) in [5.74, 6) is -0.0217. The third-order valence-corrected chi connectivity index (χ3v) is 4.33. The van der Waals surface area contributed by atoms with Crippen LogP contribution in [0.5, 0.6) is 0 Å². The van der Waals surface area contributed by atoms with E-state index >= 15 is 0 Å². The number of halogens is 3. The number of hydrogen-bond donors (Lipinski definition) is 3. The number of nitrogens with zero attached hydrogens (tertiary/aromatic N) is 1. The second-order valence-corrected chi connectivity index (χ2v) is 6.31. The molecular weight excluding hydrogens is 411 g/mol. The highest BCUT2D eigenvalue weighted by Gasteiger charge is 2.22. The zero-order valence-electron chi connectivity index (χ0n) is 14.4. The highest BCUT2D eigenvalue weighted by atomic mass is 35.5. The molecule has 1 aliphatic rings. The van der Waals surface area contributed by atoms with Crippen molar-refractivity contribution in [1.82, 2.24) is 10.3 Å². The lowest BCUT2D eigenvalue weighted by atomic mass is 9.97. The summed E-state index contributed by atoms with van der Waals surface area (Å²) in [7, 11) is 0. The van der Waals surface area contributed by atoms with E-state index in [0.29, 0.717) is 22.1 Å². The van der Waals surface area contributed by atoms with E-state index in [-0.39, 0.29) is 42.5 Å². The molecule has 0 radical (unpaired) electrons. The molecule has 1 aliphatic heterocycles. The van der Waals surface area contributed by atoms with E-state index in [1.807, 2.05) is 0 Å². The van der Waals surface area contributed by atoms with Gasteiger partial charge in [-0.05, 0) is 50.2 Å². The van der Waals surface area contributed by atoms with Crippen molar-refractivity contribution in [2.75, 3.05) is 23.7 Å². The predicted molar refractivity (Wildman–Crippen MR) is 112 cm³/mol. The molecule has 0 unspecified atom stereocenters. The van der Waals surface area contributed by atoms with Gasteiger partial charge in [0.2, 0.25) is 5.91 Å². The van der Waals surface area contributed by atoms with E-state index in [1.165, 1.54) is 6.20 Å². The number of aromatic nitrogens is 1. The molecule has 0 saturated carbocycles. The van der Waals surface area contributed by atoms with E-state index < -0.39 is 0 Å². The number of rotatable bonds is 4. The van der Waals surface area contributed by atoms with E-state index in [4.69, 9.17) is 11.6 Å². The van der Waals surface area contributed by atoms with Gasteiger partial charge >= 0.3 is 0 Å². The van der Waals surface area contributed by atoms with E-state index in [1.54, 1.807) is 36.4 Å². The fourth-order valence-electron chi connectivity index (χ4n) is 2.74. The minimum Gasteiger partial charge on any atom is -0.325 e. The molecule has 1 saturated heterocycles. The van der Waals surface area contributed by atoms with Gasteiger partial charge in [0.25, 0.3) is 5.91 Å². The smallest absolute Gasteiger partial charge is 0.258 e. The van der Waals surface area contributed by atoms with Gasteiger partial charge in [0.05, 0.1) is 16.3 Å². The fraction of sp³-hybridized carbons (Fsp3) is 0.278. The van der Waals surface area contributed by atoms with Gasteiger partial charge in [-0.1, -0.05) is 23.7 Å². The first kappa shape index (κ1) is 23.2. The quantitative estimate of drug-likeness (QED) is 0.688. The molecule has 0 spiro atoms. The first-order valence-electron chi connectivity index (χ1n) is 8.17. The fourth-order valence-corrected chi connectivity index (χ4v) is 2.85. The molecule has 1 aromatic carbocycles. The largest absolute Gasteiger partial charge is 0.325 e. The summed E-state index contributed by atoms with van der Waals surface area (Å²) < 4.78 is 0. The van der Waals surface area contributed by atoms with Gasteiger partial charge in [-0.15, -0.1) is 24.8 Å². The zero-order valence-corrected chi connectivity index (χ0v) is 16.8. The zero-order chi connectivity index (χ0) is 17.6. The molecule has 3 rings (SSSR count). The molecule has 1 fully saturated rings. The average molecular weight is 432 g/mol. The van der Waals surface area contributed by atoms with Gasteiger partial charge in [0, 0.05) is 12.1 Å². The van der Waals surface area contributed by atoms with Crippen LogP contribution in [0.2, 0.25) is 5.02 Å². The summed E-state index contributed by atoms with van der Waals surface area (Å²) in [6, 6.07) is 10.2. The van der Waals surface area contributed by atoms with Crippen molar-refractivity contribution in [3.63, 3.8) is 0 Å². The first-order chi connectivity index (χ1) is 12.1. The van der Waals surface area contributed by atoms with Crippen molar-refractivity contribution in [3.8, 4) is 0 Å². The van der Waals surface area contributed by atoms with Crippen LogP contribution in [-0.4, -0.2) is 29.9 Å². The number of hydrogen-bond acceptors (Lipinski definition) is 4. The Labute approximate surface area is 175 Å². The average Bonchev–Trinajstić information content (AvgIpc) is 2.64. The van der Waals surface area contributed by atoms with Crippen LogP contribution in [-0.2, 0) is 4.79 Å². The number of carbonyl (C=O) groups is 2. The van der Waals surface area contributed by atoms with Gasteiger partial charge in [-0.2, -0.15) is 0 Å². The Kier molecular flexibility index (Phi) is 9.52. The third kappa shape index (κ3) is 6.36. The molecule has 0 atom stereocenters.